The number of hydrogen-bond acceptors (Lipinski definition) is 4. The van der Waals surface area contributed by atoms with E-state index in [0.717, 1.165) is 28.0 Å². The minimum Gasteiger partial charge on any atom is -0.372 e. The fourth-order valence-corrected chi connectivity index (χ4v) is 3.62. The average Bonchev–Trinajstić information content (AvgIpc) is 3.00. The number of thiazole rings is 1. The number of rotatable bonds is 9. The van der Waals surface area contributed by atoms with Gasteiger partial charge >= 0.3 is 0 Å². The molecule has 24 heavy (non-hydrogen) atoms. The fraction of sp³-hybridized carbons (Fsp3) is 0.444. The number of nitrogens with one attached hydrogen (secondary N) is 1. The molecule has 1 heterocycles. The number of nitrogens with zero attached hydrogens (tertiary/aromatic N) is 1. The minimum atomic E-state index is -0.0120. The summed E-state index contributed by atoms with van der Waals surface area (Å²) in [4.78, 5) is 16.5. The highest BCUT2D eigenvalue weighted by Gasteiger charge is 2.12. The molecule has 1 atom stereocenters. The Morgan fingerprint density at radius 3 is 3.04 bits per heavy atom. The summed E-state index contributed by atoms with van der Waals surface area (Å²) in [5.74, 6) is 0.0187. The molecule has 0 aliphatic rings. The van der Waals surface area contributed by atoms with E-state index in [1.165, 1.54) is 5.56 Å². The number of hydrogen-bond donors (Lipinski definition) is 1. The number of halogens is 1. The molecule has 1 aromatic carbocycles. The highest BCUT2D eigenvalue weighted by atomic mass is 79.9. The van der Waals surface area contributed by atoms with Crippen molar-refractivity contribution in [3.05, 3.63) is 50.4 Å². The van der Waals surface area contributed by atoms with E-state index in [1.807, 2.05) is 31.4 Å². The molecule has 1 unspecified atom stereocenters. The lowest BCUT2D eigenvalue weighted by Gasteiger charge is -2.07. The minimum absolute atomic E-state index is 0.0120. The molecule has 1 amide bonds. The van der Waals surface area contributed by atoms with Crippen LogP contribution in [0, 0.1) is 0 Å². The Labute approximate surface area is 155 Å². The van der Waals surface area contributed by atoms with E-state index in [1.54, 1.807) is 11.3 Å². The molecule has 1 aromatic heterocycles. The Balaban J connectivity index is 1.70. The Kier molecular flexibility index (Phi) is 7.88. The van der Waals surface area contributed by atoms with Crippen LogP contribution in [0.5, 0.6) is 0 Å². The summed E-state index contributed by atoms with van der Waals surface area (Å²) in [7, 11) is 0. The van der Waals surface area contributed by atoms with Gasteiger partial charge in [-0.3, -0.25) is 4.79 Å². The molecule has 0 aliphatic heterocycles. The van der Waals surface area contributed by atoms with E-state index < -0.39 is 0 Å². The molecule has 0 radical (unpaired) electrons. The van der Waals surface area contributed by atoms with Crippen molar-refractivity contribution in [2.75, 3.05) is 13.2 Å². The van der Waals surface area contributed by atoms with Gasteiger partial charge in [-0.1, -0.05) is 28.1 Å². The monoisotopic (exact) mass is 410 g/mol. The molecule has 2 aromatic rings. The number of amides is 1. The molecule has 0 aliphatic carbocycles. The molecule has 0 spiro atoms. The first kappa shape index (κ1) is 19.1. The summed E-state index contributed by atoms with van der Waals surface area (Å²) >= 11 is 5.01. The number of benzene rings is 1. The topological polar surface area (TPSA) is 51.2 Å². The van der Waals surface area contributed by atoms with Gasteiger partial charge in [0.05, 0.1) is 12.1 Å². The summed E-state index contributed by atoms with van der Waals surface area (Å²) < 4.78 is 6.61. The molecule has 2 rings (SSSR count). The first-order valence-corrected chi connectivity index (χ1v) is 9.82. The van der Waals surface area contributed by atoms with Crippen LogP contribution in [-0.2, 0) is 22.4 Å². The van der Waals surface area contributed by atoms with Crippen molar-refractivity contribution in [1.82, 2.24) is 10.3 Å². The van der Waals surface area contributed by atoms with Crippen LogP contribution in [0.15, 0.2) is 34.1 Å². The Hall–Kier alpha value is -1.24. The first-order chi connectivity index (χ1) is 11.6. The van der Waals surface area contributed by atoms with Gasteiger partial charge in [-0.05, 0) is 44.4 Å². The second-order valence-electron chi connectivity index (χ2n) is 5.53. The summed E-state index contributed by atoms with van der Waals surface area (Å²) in [6.07, 6.45) is 2.19. The lowest BCUT2D eigenvalue weighted by atomic mass is 10.1. The van der Waals surface area contributed by atoms with E-state index in [0.29, 0.717) is 19.6 Å². The number of carbonyl (C=O) groups excluding carboxylic acids is 1. The van der Waals surface area contributed by atoms with E-state index in [2.05, 4.69) is 38.4 Å². The van der Waals surface area contributed by atoms with E-state index in [4.69, 9.17) is 4.74 Å². The zero-order valence-corrected chi connectivity index (χ0v) is 16.5. The lowest BCUT2D eigenvalue weighted by Crippen LogP contribution is -2.26. The zero-order chi connectivity index (χ0) is 17.4. The summed E-state index contributed by atoms with van der Waals surface area (Å²) in [5, 5.41) is 5.82. The standard InChI is InChI=1S/C18H23BrN2O2S/c1-3-23-13(2)18-21-16(12-24-18)11-17(22)20-9-5-7-14-6-4-8-15(19)10-14/h4,6,8,10,12-13H,3,5,7,9,11H2,1-2H3,(H,20,22). The van der Waals surface area contributed by atoms with Crippen LogP contribution in [0.1, 0.15) is 42.6 Å². The third kappa shape index (κ3) is 6.34. The van der Waals surface area contributed by atoms with Crippen LogP contribution < -0.4 is 5.32 Å². The third-order valence-corrected chi connectivity index (χ3v) is 5.08. The maximum Gasteiger partial charge on any atom is 0.226 e. The maximum atomic E-state index is 12.0. The summed E-state index contributed by atoms with van der Waals surface area (Å²) in [6.45, 7) is 5.28. The second kappa shape index (κ2) is 9.91. The smallest absolute Gasteiger partial charge is 0.226 e. The third-order valence-electron chi connectivity index (χ3n) is 3.53. The van der Waals surface area contributed by atoms with Crippen molar-refractivity contribution in [1.29, 1.82) is 0 Å². The number of aromatic nitrogens is 1. The van der Waals surface area contributed by atoms with Crippen molar-refractivity contribution < 1.29 is 9.53 Å². The molecule has 0 saturated heterocycles. The number of carbonyl (C=O) groups is 1. The molecule has 130 valence electrons. The van der Waals surface area contributed by atoms with Crippen molar-refractivity contribution in [2.24, 2.45) is 0 Å². The van der Waals surface area contributed by atoms with E-state index >= 15 is 0 Å². The summed E-state index contributed by atoms with van der Waals surface area (Å²) in [5.41, 5.74) is 2.08. The van der Waals surface area contributed by atoms with Crippen LogP contribution in [0.25, 0.3) is 0 Å². The molecule has 0 bridgehead atoms. The van der Waals surface area contributed by atoms with Gasteiger partial charge in [-0.2, -0.15) is 0 Å². The van der Waals surface area contributed by atoms with Crippen LogP contribution in [-0.4, -0.2) is 24.0 Å². The van der Waals surface area contributed by atoms with Gasteiger partial charge in [-0.25, -0.2) is 4.98 Å². The second-order valence-corrected chi connectivity index (χ2v) is 7.34. The average molecular weight is 411 g/mol. The van der Waals surface area contributed by atoms with Crippen LogP contribution in [0.4, 0.5) is 0 Å². The molecule has 1 N–H and O–H groups in total. The van der Waals surface area contributed by atoms with Gasteiger partial charge in [-0.15, -0.1) is 11.3 Å². The molecule has 0 fully saturated rings. The number of aryl methyl sites for hydroxylation is 1. The van der Waals surface area contributed by atoms with Crippen molar-refractivity contribution >= 4 is 33.2 Å². The molecule has 0 saturated carbocycles. The normalized spacial score (nSPS) is 12.1. The Bertz CT molecular complexity index is 660. The molecule has 6 heteroatoms. The first-order valence-electron chi connectivity index (χ1n) is 8.15. The van der Waals surface area contributed by atoms with E-state index in [9.17, 15) is 4.79 Å². The Morgan fingerprint density at radius 1 is 1.46 bits per heavy atom. The SMILES string of the molecule is CCOC(C)c1nc(CC(=O)NCCCc2cccc(Br)c2)cs1. The lowest BCUT2D eigenvalue weighted by molar-refractivity contribution is -0.120. The predicted molar refractivity (Wildman–Crippen MR) is 101 cm³/mol. The van der Waals surface area contributed by atoms with Crippen molar-refractivity contribution in [3.63, 3.8) is 0 Å². The van der Waals surface area contributed by atoms with Gasteiger partial charge in [0, 0.05) is 23.0 Å². The van der Waals surface area contributed by atoms with Gasteiger partial charge < -0.3 is 10.1 Å². The van der Waals surface area contributed by atoms with Gasteiger partial charge in [0.2, 0.25) is 5.91 Å². The van der Waals surface area contributed by atoms with Gasteiger partial charge in [0.1, 0.15) is 11.1 Å². The summed E-state index contributed by atoms with van der Waals surface area (Å²) in [6, 6.07) is 8.25. The van der Waals surface area contributed by atoms with Crippen molar-refractivity contribution in [2.45, 2.75) is 39.2 Å². The zero-order valence-electron chi connectivity index (χ0n) is 14.0. The maximum absolute atomic E-state index is 12.0. The van der Waals surface area contributed by atoms with Crippen molar-refractivity contribution in [3.8, 4) is 0 Å². The Morgan fingerprint density at radius 2 is 2.29 bits per heavy atom. The van der Waals surface area contributed by atoms with Gasteiger partial charge in [0.15, 0.2) is 0 Å². The highest BCUT2D eigenvalue weighted by Crippen LogP contribution is 2.21. The quantitative estimate of drug-likeness (QED) is 0.627. The number of ether oxygens (including phenoxy) is 1. The molecular formula is C18H23BrN2O2S. The van der Waals surface area contributed by atoms with Gasteiger partial charge in [0.25, 0.3) is 0 Å². The predicted octanol–water partition coefficient (Wildman–Crippen LogP) is 4.29. The highest BCUT2D eigenvalue weighted by molar-refractivity contribution is 9.10. The van der Waals surface area contributed by atoms with E-state index in [-0.39, 0.29) is 12.0 Å². The molecule has 4 nitrogen and oxygen atoms in total. The van der Waals surface area contributed by atoms with Crippen LogP contribution >= 0.6 is 27.3 Å². The van der Waals surface area contributed by atoms with Crippen LogP contribution in [0.3, 0.4) is 0 Å². The largest absolute Gasteiger partial charge is 0.372 e. The molecular weight excluding hydrogens is 388 g/mol. The fourth-order valence-electron chi connectivity index (χ4n) is 2.35. The van der Waals surface area contributed by atoms with Crippen LogP contribution in [0.2, 0.25) is 0 Å².